The lowest BCUT2D eigenvalue weighted by Gasteiger charge is -2.51. The van der Waals surface area contributed by atoms with E-state index in [9.17, 15) is 9.90 Å². The standard InChI is InChI=1S/C40H41FN4O.2C33H33FN4O/c1-4-11-30-33-19-18-32-36(31-14-9-10-15-34(31)41)43-39(27-20-22-42-35(23-27)26-16-17-26)44-38(32)40(33,21-5-2)24-28(37(30)46)25-45(3)29-12-7-6-8-13-29;1-3-7-23-26-13-12-25-29(24-8-5-6-9-27(24)34)37-32(21-14-16-35-28(17-21)20-10-11-20)38-31(25)33(26,15-4-2)18-22-19-36-39-30(22)23;1-4-8-22-25-14-13-24-29(23-9-6-7-10-26(23)34)37-32(21-15-17-36-27(18-21)20-11-12-20)38-31(24)33(25,16-5-2)19-28(35-3)30(22)39/h4,6-10,12-15,20,22-23,25-26,30,33H,1,5,11,16-19,21,24H2,2-3H3;3,5-6,8-9,14,16-17,19-20,23,26H,1,4,7,10-13,15,18H2,2H3;4,6-7,9-10,15,17-18,20,22,25,39H,1,5,8,11-14,16,19H2,2H3/b28-25-;;/t30-,33-,40-;23-,26-,33-;22-,25-,33-/m111/s1. The quantitative estimate of drug-likeness (QED) is 0.0362. The number of hydrogen-bond acceptors (Lipinski definition) is 14. The van der Waals surface area contributed by atoms with Crippen molar-refractivity contribution in [2.45, 2.75) is 215 Å². The molecular formula is C106H107F3N12O3. The lowest BCUT2D eigenvalue weighted by Crippen LogP contribution is -2.51. The van der Waals surface area contributed by atoms with Gasteiger partial charge >= 0.3 is 0 Å². The van der Waals surface area contributed by atoms with Crippen LogP contribution in [0.4, 0.5) is 18.9 Å². The molecule has 0 spiro atoms. The molecule has 0 radical (unpaired) electrons. The number of para-hydroxylation sites is 1. The largest absolute Gasteiger partial charge is 0.523 e. The number of aliphatic hydroxyl groups excluding tert-OH is 1. The smallest absolute Gasteiger partial charge is 0.203 e. The maximum atomic E-state index is 15.6. The highest BCUT2D eigenvalue weighted by Crippen LogP contribution is 2.62. The zero-order valence-electron chi connectivity index (χ0n) is 71.5. The summed E-state index contributed by atoms with van der Waals surface area (Å²) in [5, 5.41) is 15.4. The maximum Gasteiger partial charge on any atom is 0.203 e. The topological polar surface area (TPSA) is 187 Å². The minimum atomic E-state index is -0.452. The summed E-state index contributed by atoms with van der Waals surface area (Å²) in [7, 11) is 2.00. The van der Waals surface area contributed by atoms with Crippen molar-refractivity contribution >= 4 is 11.5 Å². The Morgan fingerprint density at radius 1 is 0.500 bits per heavy atom. The molecule has 630 valence electrons. The van der Waals surface area contributed by atoms with Crippen molar-refractivity contribution in [1.29, 1.82) is 0 Å². The second-order valence-electron chi connectivity index (χ2n) is 36.0. The maximum absolute atomic E-state index is 15.6. The van der Waals surface area contributed by atoms with Crippen LogP contribution in [0.25, 0.3) is 72.8 Å². The third-order valence-corrected chi connectivity index (χ3v) is 28.4. The number of aliphatic hydroxyl groups is 1. The van der Waals surface area contributed by atoms with Crippen LogP contribution in [-0.2, 0) is 46.7 Å². The van der Waals surface area contributed by atoms with Gasteiger partial charge in [-0.2, -0.15) is 0 Å². The summed E-state index contributed by atoms with van der Waals surface area (Å²) in [5.41, 5.74) is 17.9. The Morgan fingerprint density at radius 2 is 0.887 bits per heavy atom. The summed E-state index contributed by atoms with van der Waals surface area (Å²) in [5.74, 6) is 4.23. The highest BCUT2D eigenvalue weighted by atomic mass is 19.1. The van der Waals surface area contributed by atoms with Crippen molar-refractivity contribution in [2.75, 3.05) is 11.9 Å². The van der Waals surface area contributed by atoms with Gasteiger partial charge in [0.1, 0.15) is 23.2 Å². The second-order valence-corrected chi connectivity index (χ2v) is 36.0. The molecule has 18 heteroatoms. The number of anilines is 1. The molecule has 7 aromatic heterocycles. The van der Waals surface area contributed by atoms with Gasteiger partial charge in [-0.15, -0.1) is 19.7 Å². The molecule has 9 aliphatic rings. The molecule has 4 fully saturated rings. The Kier molecular flexibility index (Phi) is 23.4. The number of fused-ring (bicyclic) bond motifs is 10. The Hall–Kier alpha value is -12.0. The number of aromatic nitrogens is 10. The lowest BCUT2D eigenvalue weighted by molar-refractivity contribution is -0.125. The van der Waals surface area contributed by atoms with E-state index in [4.69, 9.17) is 41.0 Å². The number of hydrogen-bond donors (Lipinski definition) is 1. The summed E-state index contributed by atoms with van der Waals surface area (Å²) in [4.78, 5) is 65.4. The Morgan fingerprint density at radius 3 is 1.30 bits per heavy atom. The van der Waals surface area contributed by atoms with Crippen LogP contribution >= 0.6 is 0 Å². The predicted molar refractivity (Wildman–Crippen MR) is 481 cm³/mol. The number of halogens is 3. The van der Waals surface area contributed by atoms with Crippen LogP contribution in [0, 0.1) is 53.6 Å². The fourth-order valence-corrected chi connectivity index (χ4v) is 22.6. The van der Waals surface area contributed by atoms with Gasteiger partial charge in [0.05, 0.1) is 52.7 Å². The summed E-state index contributed by atoms with van der Waals surface area (Å²) in [6.07, 6.45) is 36.3. The van der Waals surface area contributed by atoms with Crippen molar-refractivity contribution in [3.8, 4) is 67.9 Å². The van der Waals surface area contributed by atoms with E-state index < -0.39 is 10.8 Å². The fourth-order valence-electron chi connectivity index (χ4n) is 22.6. The summed E-state index contributed by atoms with van der Waals surface area (Å²) in [6, 6.07) is 43.1. The van der Waals surface area contributed by atoms with Crippen molar-refractivity contribution in [2.24, 2.45) is 29.6 Å². The van der Waals surface area contributed by atoms with E-state index in [1.165, 1.54) is 31.0 Å². The van der Waals surface area contributed by atoms with Gasteiger partial charge in [-0.25, -0.2) is 47.9 Å². The van der Waals surface area contributed by atoms with Crippen LogP contribution < -0.4 is 4.90 Å². The zero-order valence-corrected chi connectivity index (χ0v) is 71.5. The first-order chi connectivity index (χ1) is 60.6. The number of nitrogens with zero attached hydrogens (tertiary/aromatic N) is 12. The monoisotopic (exact) mass is 1650 g/mol. The third kappa shape index (κ3) is 15.4. The number of ketones is 1. The average molecular weight is 1650 g/mol. The molecule has 7 heterocycles. The zero-order chi connectivity index (χ0) is 85.5. The van der Waals surface area contributed by atoms with Crippen LogP contribution in [-0.4, -0.2) is 67.9 Å². The van der Waals surface area contributed by atoms with Crippen molar-refractivity contribution in [3.63, 3.8) is 0 Å². The molecule has 1 N–H and O–H groups in total. The van der Waals surface area contributed by atoms with E-state index in [0.717, 1.165) is 199 Å². The first-order valence-corrected chi connectivity index (χ1v) is 45.0. The molecular weight excluding hydrogens is 1550 g/mol. The molecule has 15 nitrogen and oxygen atoms in total. The van der Waals surface area contributed by atoms with Crippen molar-refractivity contribution in [1.82, 2.24) is 50.0 Å². The Balaban J connectivity index is 0.000000127. The first-order valence-electron chi connectivity index (χ1n) is 45.0. The minimum absolute atomic E-state index is 0.0975. The SMILES string of the molecule is C=CC[C@H]1C(=O)/C(=C\N(C)c2ccccc2)C[C@@]2(CCC)c3nc(-c4ccnc(C5CC5)c4)nc(-c4ccccc4F)c3CC[C@H]12.C=CC[C@H]1c2oncc2C[C@@]2(CCC)c3nc(-c4ccnc(C5CC5)c4)nc(-c4ccccc4F)c3CC[C@H]12.[C-]#[N+]C1=C(O)[C@H](CC=C)[C@H]2CCc3c(-c4ccccc4F)nc(-c4ccnc(C5CC5)c4)nc3[C@]2(CCC)C1. The number of pyridine rings is 3. The molecule has 9 atom stereocenters. The number of carbonyl (C=O) groups excluding carboxylic acids is 1. The second kappa shape index (κ2) is 35.0. The van der Waals surface area contributed by atoms with E-state index in [-0.39, 0.29) is 64.0 Å². The lowest BCUT2D eigenvalue weighted by atomic mass is 9.52. The van der Waals surface area contributed by atoms with Crippen molar-refractivity contribution in [3.05, 3.63) is 317 Å². The van der Waals surface area contributed by atoms with Gasteiger partial charge in [0.15, 0.2) is 23.3 Å². The minimum Gasteiger partial charge on any atom is -0.523 e. The normalized spacial score (nSPS) is 23.5. The molecule has 0 amide bonds. The molecule has 4 saturated carbocycles. The molecule has 20 rings (SSSR count). The number of carbonyl (C=O) groups is 1. The van der Waals surface area contributed by atoms with Gasteiger partial charge in [-0.1, -0.05) is 118 Å². The van der Waals surface area contributed by atoms with Crippen LogP contribution in [0.5, 0.6) is 0 Å². The highest BCUT2D eigenvalue weighted by molar-refractivity contribution is 5.99. The Labute approximate surface area is 725 Å². The summed E-state index contributed by atoms with van der Waals surface area (Å²) < 4.78 is 52.1. The highest BCUT2D eigenvalue weighted by Gasteiger charge is 2.58. The molecule has 9 aliphatic carbocycles. The van der Waals surface area contributed by atoms with Gasteiger partial charge in [0, 0.05) is 168 Å². The fraction of sp³-hybridized carbons (Fsp3) is 0.377. The number of Topliss-reactive ketones (excluding diaryl/α,β-unsaturated/α-hetero) is 1. The molecule has 11 aromatic rings. The van der Waals surface area contributed by atoms with E-state index in [2.05, 4.69) is 101 Å². The van der Waals surface area contributed by atoms with Gasteiger partial charge in [-0.05, 0) is 238 Å². The molecule has 0 bridgehead atoms. The third-order valence-electron chi connectivity index (χ3n) is 28.4. The van der Waals surface area contributed by atoms with Gasteiger partial charge < -0.3 is 14.5 Å². The van der Waals surface area contributed by atoms with Crippen LogP contribution in [0.15, 0.2) is 230 Å². The van der Waals surface area contributed by atoms with E-state index in [0.29, 0.717) is 113 Å². The first kappa shape index (κ1) is 83.0. The molecule has 124 heavy (non-hydrogen) atoms. The van der Waals surface area contributed by atoms with E-state index >= 15 is 13.2 Å². The van der Waals surface area contributed by atoms with Crippen LogP contribution in [0.3, 0.4) is 0 Å². The molecule has 0 unspecified atom stereocenters. The predicted octanol–water partition coefficient (Wildman–Crippen LogP) is 24.8. The van der Waals surface area contributed by atoms with Crippen LogP contribution in [0.1, 0.15) is 235 Å². The van der Waals surface area contributed by atoms with Gasteiger partial charge in [0.25, 0.3) is 0 Å². The summed E-state index contributed by atoms with van der Waals surface area (Å²) in [6.45, 7) is 26.6. The molecule has 0 aliphatic heterocycles. The number of allylic oxidation sites excluding steroid dienone is 6. The van der Waals surface area contributed by atoms with Crippen molar-refractivity contribution < 1.29 is 27.6 Å². The van der Waals surface area contributed by atoms with E-state index in [1.807, 2.05) is 123 Å². The molecule has 4 aromatic carbocycles. The number of rotatable bonds is 23. The Bertz CT molecular complexity index is 6040. The van der Waals surface area contributed by atoms with E-state index in [1.54, 1.807) is 24.3 Å². The average Bonchev–Trinajstić information content (AvgIpc) is 1.02. The number of benzene rings is 4. The van der Waals surface area contributed by atoms with Gasteiger partial charge in [-0.3, -0.25) is 19.7 Å². The van der Waals surface area contributed by atoms with Crippen LogP contribution in [0.2, 0.25) is 0 Å². The summed E-state index contributed by atoms with van der Waals surface area (Å²) >= 11 is 0. The van der Waals surface area contributed by atoms with Gasteiger partial charge in [0.2, 0.25) is 5.70 Å². The molecule has 0 saturated heterocycles.